The molecule has 16 heavy (non-hydrogen) atoms. The molecule has 0 bridgehead atoms. The maximum absolute atomic E-state index is 11.2. The van der Waals surface area contributed by atoms with Crippen molar-refractivity contribution in [2.24, 2.45) is 0 Å². The quantitative estimate of drug-likeness (QED) is 0.727. The van der Waals surface area contributed by atoms with Crippen LogP contribution >= 0.6 is 11.6 Å². The first kappa shape index (κ1) is 12.5. The third-order valence-corrected chi connectivity index (χ3v) is 2.01. The van der Waals surface area contributed by atoms with Crippen molar-refractivity contribution in [1.82, 2.24) is 15.1 Å². The fourth-order valence-corrected chi connectivity index (χ4v) is 1.22. The summed E-state index contributed by atoms with van der Waals surface area (Å²) >= 11 is 5.42. The Morgan fingerprint density at radius 2 is 2.25 bits per heavy atom. The third-order valence-electron chi connectivity index (χ3n) is 1.82. The van der Waals surface area contributed by atoms with E-state index >= 15 is 0 Å². The fraction of sp³-hybridized carbons (Fsp3) is 0.444. The number of amides is 2. The van der Waals surface area contributed by atoms with Crippen LogP contribution in [0.1, 0.15) is 6.42 Å². The Kier molecular flexibility index (Phi) is 4.78. The Labute approximate surface area is 98.0 Å². The summed E-state index contributed by atoms with van der Waals surface area (Å²) in [7, 11) is 1.55. The number of nitrogens with zero attached hydrogens (tertiary/aromatic N) is 2. The molecule has 1 aromatic rings. The van der Waals surface area contributed by atoms with Crippen molar-refractivity contribution < 1.29 is 9.59 Å². The largest absolute Gasteiger partial charge is 0.358 e. The van der Waals surface area contributed by atoms with Gasteiger partial charge in [-0.15, -0.1) is 11.6 Å². The van der Waals surface area contributed by atoms with Gasteiger partial charge in [-0.05, 0) is 0 Å². The van der Waals surface area contributed by atoms with Gasteiger partial charge in [-0.1, -0.05) is 0 Å². The Balaban J connectivity index is 2.51. The molecule has 7 heteroatoms. The molecule has 1 rings (SSSR count). The summed E-state index contributed by atoms with van der Waals surface area (Å²) in [6.45, 7) is 0.127. The van der Waals surface area contributed by atoms with E-state index in [0.717, 1.165) is 0 Å². The highest BCUT2D eigenvalue weighted by Crippen LogP contribution is 2.05. The molecule has 0 aliphatic carbocycles. The molecule has 88 valence electrons. The molecule has 2 N–H and O–H groups in total. The minimum Gasteiger partial charge on any atom is -0.358 e. The van der Waals surface area contributed by atoms with Gasteiger partial charge in [0.25, 0.3) is 0 Å². The van der Waals surface area contributed by atoms with Crippen LogP contribution in [0, 0.1) is 0 Å². The van der Waals surface area contributed by atoms with Gasteiger partial charge in [-0.3, -0.25) is 14.3 Å². The Bertz CT molecular complexity index is 377. The van der Waals surface area contributed by atoms with Gasteiger partial charge in [0.15, 0.2) is 0 Å². The summed E-state index contributed by atoms with van der Waals surface area (Å²) in [5, 5.41) is 9.02. The number of carbonyl (C=O) groups excluding carboxylic acids is 2. The maximum atomic E-state index is 11.2. The minimum absolute atomic E-state index is 0.127. The zero-order valence-corrected chi connectivity index (χ0v) is 9.62. The third kappa shape index (κ3) is 3.90. The van der Waals surface area contributed by atoms with Gasteiger partial charge in [-0.2, -0.15) is 5.10 Å². The van der Waals surface area contributed by atoms with Crippen LogP contribution in [-0.2, 0) is 16.1 Å². The number of alkyl halides is 1. The Morgan fingerprint density at radius 3 is 2.88 bits per heavy atom. The lowest BCUT2D eigenvalue weighted by molar-refractivity contribution is -0.121. The number of rotatable bonds is 5. The van der Waals surface area contributed by atoms with Gasteiger partial charge in [0.05, 0.1) is 11.9 Å². The van der Waals surface area contributed by atoms with E-state index in [9.17, 15) is 9.59 Å². The topological polar surface area (TPSA) is 76.0 Å². The molecule has 0 saturated carbocycles. The highest BCUT2D eigenvalue weighted by atomic mass is 35.5. The predicted molar refractivity (Wildman–Crippen MR) is 60.3 cm³/mol. The number of anilines is 1. The number of likely N-dealkylation sites (N-methyl/N-ethyl adjacent to an activating group) is 1. The van der Waals surface area contributed by atoms with E-state index in [-0.39, 0.29) is 30.7 Å². The van der Waals surface area contributed by atoms with Crippen LogP contribution < -0.4 is 10.6 Å². The van der Waals surface area contributed by atoms with E-state index in [1.165, 1.54) is 10.9 Å². The van der Waals surface area contributed by atoms with Crippen molar-refractivity contribution >= 4 is 29.1 Å². The van der Waals surface area contributed by atoms with Gasteiger partial charge in [0.2, 0.25) is 11.8 Å². The van der Waals surface area contributed by atoms with E-state index in [0.29, 0.717) is 5.69 Å². The first-order valence-corrected chi connectivity index (χ1v) is 5.28. The SMILES string of the molecule is CNC(=O)Cn1cc(NC(=O)CCCl)cn1. The van der Waals surface area contributed by atoms with Crippen LogP contribution in [0.2, 0.25) is 0 Å². The standard InChI is InChI=1S/C9H13ClN4O2/c1-11-9(16)6-14-5-7(4-12-14)13-8(15)2-3-10/h4-5H,2-3,6H2,1H3,(H,11,16)(H,13,15). The highest BCUT2D eigenvalue weighted by molar-refractivity contribution is 6.19. The molecule has 0 saturated heterocycles. The second-order valence-electron chi connectivity index (χ2n) is 3.09. The van der Waals surface area contributed by atoms with Crippen molar-refractivity contribution in [2.45, 2.75) is 13.0 Å². The molecule has 2 amide bonds. The van der Waals surface area contributed by atoms with Crippen molar-refractivity contribution in [1.29, 1.82) is 0 Å². The molecule has 0 aliphatic heterocycles. The summed E-state index contributed by atoms with van der Waals surface area (Å²) in [4.78, 5) is 22.2. The van der Waals surface area contributed by atoms with E-state index in [2.05, 4.69) is 15.7 Å². The molecule has 0 fully saturated rings. The van der Waals surface area contributed by atoms with Crippen molar-refractivity contribution in [3.8, 4) is 0 Å². The second-order valence-corrected chi connectivity index (χ2v) is 3.46. The Hall–Kier alpha value is -1.56. The van der Waals surface area contributed by atoms with Crippen molar-refractivity contribution in [2.75, 3.05) is 18.2 Å². The summed E-state index contributed by atoms with van der Waals surface area (Å²) in [5.41, 5.74) is 0.555. The normalized spacial score (nSPS) is 9.88. The van der Waals surface area contributed by atoms with E-state index < -0.39 is 0 Å². The fourth-order valence-electron chi connectivity index (χ4n) is 1.05. The zero-order valence-electron chi connectivity index (χ0n) is 8.86. The molecule has 0 spiro atoms. The number of hydrogen-bond donors (Lipinski definition) is 2. The average molecular weight is 245 g/mol. The molecular weight excluding hydrogens is 232 g/mol. The number of hydrogen-bond acceptors (Lipinski definition) is 3. The minimum atomic E-state index is -0.172. The summed E-state index contributed by atoms with van der Waals surface area (Å²) in [5.74, 6) is -0.0469. The van der Waals surface area contributed by atoms with Crippen LogP contribution in [0.5, 0.6) is 0 Å². The van der Waals surface area contributed by atoms with E-state index in [1.54, 1.807) is 13.2 Å². The van der Waals surface area contributed by atoms with Gasteiger partial charge < -0.3 is 10.6 Å². The van der Waals surface area contributed by atoms with Crippen LogP contribution in [0.4, 0.5) is 5.69 Å². The molecular formula is C9H13ClN4O2. The molecule has 0 atom stereocenters. The van der Waals surface area contributed by atoms with Gasteiger partial charge in [0.1, 0.15) is 6.54 Å². The first-order valence-electron chi connectivity index (χ1n) is 4.74. The van der Waals surface area contributed by atoms with E-state index in [1.807, 2.05) is 0 Å². The van der Waals surface area contributed by atoms with Gasteiger partial charge in [-0.25, -0.2) is 0 Å². The summed E-state index contributed by atoms with van der Waals surface area (Å²) in [6.07, 6.45) is 3.32. The van der Waals surface area contributed by atoms with Gasteiger partial charge in [0, 0.05) is 25.5 Å². The zero-order chi connectivity index (χ0) is 12.0. The lowest BCUT2D eigenvalue weighted by Crippen LogP contribution is -2.23. The number of halogens is 1. The number of aromatic nitrogens is 2. The lowest BCUT2D eigenvalue weighted by atomic mass is 10.4. The average Bonchev–Trinajstić information content (AvgIpc) is 2.65. The molecule has 0 radical (unpaired) electrons. The summed E-state index contributed by atoms with van der Waals surface area (Å²) in [6, 6.07) is 0. The molecule has 0 unspecified atom stereocenters. The van der Waals surface area contributed by atoms with Gasteiger partial charge >= 0.3 is 0 Å². The van der Waals surface area contributed by atoms with Crippen molar-refractivity contribution in [3.05, 3.63) is 12.4 Å². The first-order chi connectivity index (χ1) is 7.65. The smallest absolute Gasteiger partial charge is 0.241 e. The van der Waals surface area contributed by atoms with Crippen LogP contribution in [0.3, 0.4) is 0 Å². The van der Waals surface area contributed by atoms with Crippen LogP contribution in [0.15, 0.2) is 12.4 Å². The highest BCUT2D eigenvalue weighted by Gasteiger charge is 2.05. The Morgan fingerprint density at radius 1 is 1.50 bits per heavy atom. The molecule has 0 aromatic carbocycles. The molecule has 6 nitrogen and oxygen atoms in total. The molecule has 1 heterocycles. The summed E-state index contributed by atoms with van der Waals surface area (Å²) < 4.78 is 1.44. The number of nitrogens with one attached hydrogen (secondary N) is 2. The monoisotopic (exact) mass is 244 g/mol. The molecule has 1 aromatic heterocycles. The second kappa shape index (κ2) is 6.12. The van der Waals surface area contributed by atoms with E-state index in [4.69, 9.17) is 11.6 Å². The van der Waals surface area contributed by atoms with Crippen LogP contribution in [0.25, 0.3) is 0 Å². The number of carbonyl (C=O) groups is 2. The molecule has 0 aliphatic rings. The predicted octanol–water partition coefficient (Wildman–Crippen LogP) is 0.196. The lowest BCUT2D eigenvalue weighted by Gasteiger charge is -2.00. The van der Waals surface area contributed by atoms with Crippen LogP contribution in [-0.4, -0.2) is 34.5 Å². The van der Waals surface area contributed by atoms with Crippen molar-refractivity contribution in [3.63, 3.8) is 0 Å². The maximum Gasteiger partial charge on any atom is 0.241 e.